The molecular formula is C20H21ClN6O3. The van der Waals surface area contributed by atoms with Crippen LogP contribution in [0.1, 0.15) is 18.6 Å². The zero-order valence-electron chi connectivity index (χ0n) is 16.1. The molecule has 0 saturated carbocycles. The zero-order chi connectivity index (χ0) is 20.9. The summed E-state index contributed by atoms with van der Waals surface area (Å²) >= 11 is 6.11. The van der Waals surface area contributed by atoms with E-state index in [9.17, 15) is 9.59 Å². The lowest BCUT2D eigenvalue weighted by Gasteiger charge is -2.23. The second kappa shape index (κ2) is 9.10. The van der Waals surface area contributed by atoms with Crippen molar-refractivity contribution in [3.8, 4) is 5.69 Å². The normalized spacial score (nSPS) is 16.5. The molecule has 0 spiro atoms. The molecule has 3 heterocycles. The summed E-state index contributed by atoms with van der Waals surface area (Å²) < 4.78 is 6.79. The molecular weight excluding hydrogens is 408 g/mol. The number of likely N-dealkylation sites (tertiary alicyclic amines) is 1. The Morgan fingerprint density at radius 1 is 1.30 bits per heavy atom. The smallest absolute Gasteiger partial charge is 0.238 e. The number of furan rings is 1. The lowest BCUT2D eigenvalue weighted by Crippen LogP contribution is -2.45. The van der Waals surface area contributed by atoms with Gasteiger partial charge in [0.1, 0.15) is 18.4 Å². The molecule has 0 radical (unpaired) electrons. The summed E-state index contributed by atoms with van der Waals surface area (Å²) in [5, 5.41) is 10.3. The van der Waals surface area contributed by atoms with E-state index in [0.29, 0.717) is 41.7 Å². The summed E-state index contributed by atoms with van der Waals surface area (Å²) in [6.07, 6.45) is 6.08. The summed E-state index contributed by atoms with van der Waals surface area (Å²) in [7, 11) is 0. The first-order valence-corrected chi connectivity index (χ1v) is 9.96. The van der Waals surface area contributed by atoms with Crippen LogP contribution in [0.3, 0.4) is 0 Å². The molecule has 10 heteroatoms. The van der Waals surface area contributed by atoms with Gasteiger partial charge in [-0.05, 0) is 49.7 Å². The molecule has 2 amide bonds. The van der Waals surface area contributed by atoms with Crippen LogP contribution in [-0.2, 0) is 16.1 Å². The summed E-state index contributed by atoms with van der Waals surface area (Å²) in [6, 6.07) is 8.37. The third kappa shape index (κ3) is 4.69. The number of amides is 2. The molecule has 1 aliphatic heterocycles. The Kier molecular flexibility index (Phi) is 6.10. The number of aromatic nitrogens is 3. The molecule has 1 fully saturated rings. The monoisotopic (exact) mass is 428 g/mol. The maximum Gasteiger partial charge on any atom is 0.238 e. The van der Waals surface area contributed by atoms with Gasteiger partial charge in [-0.15, -0.1) is 0 Å². The minimum atomic E-state index is -0.347. The number of carbonyl (C=O) groups is 2. The van der Waals surface area contributed by atoms with Gasteiger partial charge in [0.15, 0.2) is 0 Å². The number of anilines is 1. The first-order chi connectivity index (χ1) is 14.6. The summed E-state index contributed by atoms with van der Waals surface area (Å²) in [5.74, 6) is 0.347. The van der Waals surface area contributed by atoms with E-state index < -0.39 is 0 Å². The van der Waals surface area contributed by atoms with E-state index >= 15 is 0 Å². The highest BCUT2D eigenvalue weighted by molar-refractivity contribution is 6.31. The Balaban J connectivity index is 1.39. The van der Waals surface area contributed by atoms with E-state index in [-0.39, 0.29) is 24.4 Å². The summed E-state index contributed by atoms with van der Waals surface area (Å²) in [5.41, 5.74) is 1.18. The van der Waals surface area contributed by atoms with Crippen LogP contribution in [0.2, 0.25) is 5.02 Å². The van der Waals surface area contributed by atoms with Gasteiger partial charge < -0.3 is 15.1 Å². The van der Waals surface area contributed by atoms with Crippen LogP contribution >= 0.6 is 11.6 Å². The molecule has 4 rings (SSSR count). The zero-order valence-corrected chi connectivity index (χ0v) is 16.9. The van der Waals surface area contributed by atoms with Gasteiger partial charge in [-0.2, -0.15) is 5.10 Å². The largest absolute Gasteiger partial charge is 0.467 e. The van der Waals surface area contributed by atoms with Crippen molar-refractivity contribution in [2.24, 2.45) is 0 Å². The predicted molar refractivity (Wildman–Crippen MR) is 110 cm³/mol. The Bertz CT molecular complexity index is 1010. The van der Waals surface area contributed by atoms with Gasteiger partial charge in [0.25, 0.3) is 0 Å². The molecule has 9 nitrogen and oxygen atoms in total. The van der Waals surface area contributed by atoms with Crippen molar-refractivity contribution in [2.45, 2.75) is 25.4 Å². The number of benzene rings is 1. The minimum Gasteiger partial charge on any atom is -0.467 e. The van der Waals surface area contributed by atoms with E-state index in [1.54, 1.807) is 47.6 Å². The third-order valence-electron chi connectivity index (χ3n) is 4.93. The van der Waals surface area contributed by atoms with Crippen LogP contribution in [0.5, 0.6) is 0 Å². The topological polar surface area (TPSA) is 105 Å². The number of hydrogen-bond donors (Lipinski definition) is 2. The molecule has 1 aliphatic rings. The molecule has 0 bridgehead atoms. The van der Waals surface area contributed by atoms with Gasteiger partial charge in [-0.3, -0.25) is 14.5 Å². The molecule has 1 saturated heterocycles. The van der Waals surface area contributed by atoms with E-state index in [2.05, 4.69) is 20.7 Å². The second-order valence-corrected chi connectivity index (χ2v) is 7.41. The molecule has 0 aliphatic carbocycles. The van der Waals surface area contributed by atoms with Gasteiger partial charge in [0.2, 0.25) is 11.8 Å². The Morgan fingerprint density at radius 2 is 2.20 bits per heavy atom. The van der Waals surface area contributed by atoms with E-state index in [0.717, 1.165) is 6.42 Å². The van der Waals surface area contributed by atoms with Gasteiger partial charge in [0, 0.05) is 5.02 Å². The van der Waals surface area contributed by atoms with Crippen molar-refractivity contribution in [2.75, 3.05) is 18.4 Å². The van der Waals surface area contributed by atoms with Crippen molar-refractivity contribution in [3.05, 3.63) is 60.0 Å². The quantitative estimate of drug-likeness (QED) is 0.598. The van der Waals surface area contributed by atoms with Crippen LogP contribution in [0.15, 0.2) is 53.7 Å². The molecule has 2 N–H and O–H groups in total. The number of halogens is 1. The van der Waals surface area contributed by atoms with Crippen molar-refractivity contribution < 1.29 is 14.0 Å². The molecule has 30 heavy (non-hydrogen) atoms. The van der Waals surface area contributed by atoms with Gasteiger partial charge in [-0.1, -0.05) is 11.6 Å². The van der Waals surface area contributed by atoms with Crippen LogP contribution in [0, 0.1) is 0 Å². The van der Waals surface area contributed by atoms with E-state index in [1.807, 2.05) is 4.90 Å². The fourth-order valence-corrected chi connectivity index (χ4v) is 3.70. The van der Waals surface area contributed by atoms with Crippen LogP contribution < -0.4 is 10.6 Å². The average Bonchev–Trinajstić information content (AvgIpc) is 3.49. The van der Waals surface area contributed by atoms with E-state index in [4.69, 9.17) is 16.0 Å². The number of carbonyl (C=O) groups excluding carboxylic acids is 2. The highest BCUT2D eigenvalue weighted by Crippen LogP contribution is 2.24. The van der Waals surface area contributed by atoms with Crippen molar-refractivity contribution in [1.82, 2.24) is 25.0 Å². The SMILES string of the molecule is O=C(CN1CCCC1C(=O)NCc1ccco1)Nc1cc(Cl)ccc1-n1cncn1. The van der Waals surface area contributed by atoms with Crippen molar-refractivity contribution >= 4 is 29.1 Å². The minimum absolute atomic E-state index is 0.0994. The van der Waals surface area contributed by atoms with Crippen LogP contribution in [0.25, 0.3) is 5.69 Å². The maximum absolute atomic E-state index is 12.7. The predicted octanol–water partition coefficient (Wildman–Crippen LogP) is 2.23. The third-order valence-corrected chi connectivity index (χ3v) is 5.16. The second-order valence-electron chi connectivity index (χ2n) is 6.98. The fraction of sp³-hybridized carbons (Fsp3) is 0.300. The molecule has 156 valence electrons. The standard InChI is InChI=1S/C20H21ClN6O3/c21-14-5-6-17(27-13-22-12-24-27)16(9-14)25-19(28)11-26-7-1-4-18(26)20(29)23-10-15-3-2-8-30-15/h2-3,5-6,8-9,12-13,18H,1,4,7,10-11H2,(H,23,29)(H,25,28). The molecule has 3 aromatic rings. The lowest BCUT2D eigenvalue weighted by molar-refractivity contribution is -0.126. The van der Waals surface area contributed by atoms with Crippen LogP contribution in [-0.4, -0.2) is 50.6 Å². The Hall–Kier alpha value is -3.17. The molecule has 1 unspecified atom stereocenters. The highest BCUT2D eigenvalue weighted by atomic mass is 35.5. The fourth-order valence-electron chi connectivity index (χ4n) is 3.53. The van der Waals surface area contributed by atoms with Gasteiger partial charge >= 0.3 is 0 Å². The Morgan fingerprint density at radius 3 is 2.97 bits per heavy atom. The summed E-state index contributed by atoms with van der Waals surface area (Å²) in [4.78, 5) is 31.1. The van der Waals surface area contributed by atoms with Gasteiger partial charge in [0.05, 0.1) is 36.8 Å². The van der Waals surface area contributed by atoms with Gasteiger partial charge in [-0.25, -0.2) is 9.67 Å². The maximum atomic E-state index is 12.7. The molecule has 1 atom stereocenters. The first kappa shape index (κ1) is 20.1. The van der Waals surface area contributed by atoms with Crippen LogP contribution in [0.4, 0.5) is 5.69 Å². The number of nitrogens with zero attached hydrogens (tertiary/aromatic N) is 4. The van der Waals surface area contributed by atoms with E-state index in [1.165, 1.54) is 6.33 Å². The Labute approximate surface area is 178 Å². The number of hydrogen-bond acceptors (Lipinski definition) is 6. The first-order valence-electron chi connectivity index (χ1n) is 9.59. The van der Waals surface area contributed by atoms with Crippen molar-refractivity contribution in [3.63, 3.8) is 0 Å². The number of rotatable bonds is 7. The average molecular weight is 429 g/mol. The number of nitrogens with one attached hydrogen (secondary N) is 2. The molecule has 2 aromatic heterocycles. The highest BCUT2D eigenvalue weighted by Gasteiger charge is 2.32. The lowest BCUT2D eigenvalue weighted by atomic mass is 10.2. The molecule has 1 aromatic carbocycles. The summed E-state index contributed by atoms with van der Waals surface area (Å²) in [6.45, 7) is 1.10. The van der Waals surface area contributed by atoms with Crippen molar-refractivity contribution in [1.29, 1.82) is 0 Å².